The van der Waals surface area contributed by atoms with Crippen LogP contribution in [0.4, 0.5) is 5.69 Å². The molecular formula is C13H15N3OS. The predicted octanol–water partition coefficient (Wildman–Crippen LogP) is 1.76. The summed E-state index contributed by atoms with van der Waals surface area (Å²) in [5.41, 5.74) is 2.09. The predicted molar refractivity (Wildman–Crippen MR) is 72.5 cm³/mol. The van der Waals surface area contributed by atoms with Crippen LogP contribution in [0.1, 0.15) is 12.0 Å². The fourth-order valence-electron chi connectivity index (χ4n) is 1.97. The van der Waals surface area contributed by atoms with Crippen molar-refractivity contribution in [3.8, 4) is 6.07 Å². The zero-order valence-corrected chi connectivity index (χ0v) is 11.1. The van der Waals surface area contributed by atoms with Crippen molar-refractivity contribution in [2.24, 2.45) is 0 Å². The van der Waals surface area contributed by atoms with Crippen LogP contribution in [0, 0.1) is 11.3 Å². The Bertz CT molecular complexity index is 495. The van der Waals surface area contributed by atoms with Gasteiger partial charge in [0.25, 0.3) is 0 Å². The third kappa shape index (κ3) is 2.66. The molecule has 0 bridgehead atoms. The summed E-state index contributed by atoms with van der Waals surface area (Å²) < 4.78 is 0. The van der Waals surface area contributed by atoms with Gasteiger partial charge in [-0.2, -0.15) is 5.26 Å². The van der Waals surface area contributed by atoms with E-state index in [2.05, 4.69) is 23.5 Å². The summed E-state index contributed by atoms with van der Waals surface area (Å²) in [5.74, 6) is 0.549. The molecule has 1 aromatic rings. The summed E-state index contributed by atoms with van der Waals surface area (Å²) in [4.78, 5) is 14.8. The van der Waals surface area contributed by atoms with Gasteiger partial charge in [0, 0.05) is 18.0 Å². The Morgan fingerprint density at radius 2 is 2.39 bits per heavy atom. The molecule has 94 valence electrons. The molecule has 5 heteroatoms. The highest BCUT2D eigenvalue weighted by Crippen LogP contribution is 2.36. The van der Waals surface area contributed by atoms with Crippen LogP contribution < -0.4 is 10.2 Å². The molecule has 4 nitrogen and oxygen atoms in total. The van der Waals surface area contributed by atoms with Crippen LogP contribution in [0.2, 0.25) is 0 Å². The van der Waals surface area contributed by atoms with E-state index >= 15 is 0 Å². The second kappa shape index (κ2) is 5.89. The second-order valence-corrected chi connectivity index (χ2v) is 5.09. The Kier molecular flexibility index (Phi) is 4.24. The maximum absolute atomic E-state index is 11.9. The van der Waals surface area contributed by atoms with E-state index in [-0.39, 0.29) is 5.91 Å². The van der Waals surface area contributed by atoms with E-state index in [1.165, 1.54) is 0 Å². The molecule has 0 saturated carbocycles. The average Bonchev–Trinajstić information content (AvgIpc) is 2.38. The highest BCUT2D eigenvalue weighted by atomic mass is 32.2. The summed E-state index contributed by atoms with van der Waals surface area (Å²) in [6.07, 6.45) is 0.367. The maximum Gasteiger partial charge on any atom is 0.237 e. The van der Waals surface area contributed by atoms with Crippen molar-refractivity contribution in [1.29, 1.82) is 5.26 Å². The van der Waals surface area contributed by atoms with Gasteiger partial charge in [0.05, 0.1) is 23.9 Å². The summed E-state index contributed by atoms with van der Waals surface area (Å²) in [6.45, 7) is 1.25. The number of benzene rings is 1. The van der Waals surface area contributed by atoms with Gasteiger partial charge in [0.1, 0.15) is 0 Å². The zero-order chi connectivity index (χ0) is 13.0. The molecular weight excluding hydrogens is 246 g/mol. The molecule has 1 N–H and O–H groups in total. The van der Waals surface area contributed by atoms with Crippen LogP contribution in [0.25, 0.3) is 0 Å². The molecule has 0 atom stereocenters. The lowest BCUT2D eigenvalue weighted by atomic mass is 10.1. The molecule has 0 radical (unpaired) electrons. The largest absolute Gasteiger partial charge is 0.316 e. The fourth-order valence-corrected chi connectivity index (χ4v) is 2.88. The van der Waals surface area contributed by atoms with Crippen molar-refractivity contribution in [2.45, 2.75) is 17.9 Å². The van der Waals surface area contributed by atoms with Gasteiger partial charge in [0.2, 0.25) is 5.91 Å². The van der Waals surface area contributed by atoms with Crippen LogP contribution in [-0.4, -0.2) is 25.3 Å². The van der Waals surface area contributed by atoms with Gasteiger partial charge in [0.15, 0.2) is 0 Å². The average molecular weight is 261 g/mol. The molecule has 18 heavy (non-hydrogen) atoms. The standard InChI is InChI=1S/C13H15N3OS/c1-15-8-10-3-4-12-11(7-10)16(6-2-5-14)13(17)9-18-12/h3-4,7,15H,2,6,8-9H2,1H3. The zero-order valence-electron chi connectivity index (χ0n) is 10.3. The summed E-state index contributed by atoms with van der Waals surface area (Å²) in [5, 5.41) is 11.8. The van der Waals surface area contributed by atoms with E-state index in [4.69, 9.17) is 5.26 Å². The molecule has 1 amide bonds. The van der Waals surface area contributed by atoms with Gasteiger partial charge in [-0.15, -0.1) is 11.8 Å². The number of rotatable bonds is 4. The van der Waals surface area contributed by atoms with E-state index in [1.54, 1.807) is 16.7 Å². The highest BCUT2D eigenvalue weighted by Gasteiger charge is 2.24. The first-order valence-corrected chi connectivity index (χ1v) is 6.82. The Labute approximate surface area is 111 Å². The van der Waals surface area contributed by atoms with Gasteiger partial charge >= 0.3 is 0 Å². The number of nitrogens with zero attached hydrogens (tertiary/aromatic N) is 2. The lowest BCUT2D eigenvalue weighted by Gasteiger charge is -2.28. The first-order valence-electron chi connectivity index (χ1n) is 5.84. The van der Waals surface area contributed by atoms with Gasteiger partial charge in [-0.05, 0) is 24.7 Å². The molecule has 0 spiro atoms. The van der Waals surface area contributed by atoms with Crippen molar-refractivity contribution in [1.82, 2.24) is 5.32 Å². The second-order valence-electron chi connectivity index (χ2n) is 4.07. The lowest BCUT2D eigenvalue weighted by Crippen LogP contribution is -2.36. The minimum atomic E-state index is 0.0874. The van der Waals surface area contributed by atoms with Crippen LogP contribution in [0.15, 0.2) is 23.1 Å². The van der Waals surface area contributed by atoms with Crippen molar-refractivity contribution < 1.29 is 4.79 Å². The molecule has 0 aromatic heterocycles. The minimum absolute atomic E-state index is 0.0874. The smallest absolute Gasteiger partial charge is 0.237 e. The Morgan fingerprint density at radius 1 is 1.56 bits per heavy atom. The van der Waals surface area contributed by atoms with Gasteiger partial charge in [-0.1, -0.05) is 6.07 Å². The van der Waals surface area contributed by atoms with E-state index in [0.29, 0.717) is 18.7 Å². The Balaban J connectivity index is 2.31. The third-order valence-electron chi connectivity index (χ3n) is 2.79. The third-order valence-corrected chi connectivity index (χ3v) is 3.84. The number of fused-ring (bicyclic) bond motifs is 1. The molecule has 1 aromatic carbocycles. The summed E-state index contributed by atoms with van der Waals surface area (Å²) in [7, 11) is 1.90. The maximum atomic E-state index is 11.9. The van der Waals surface area contributed by atoms with Crippen LogP contribution in [0.5, 0.6) is 0 Å². The minimum Gasteiger partial charge on any atom is -0.316 e. The Morgan fingerprint density at radius 3 is 3.11 bits per heavy atom. The quantitative estimate of drug-likeness (QED) is 0.897. The van der Waals surface area contributed by atoms with Crippen molar-refractivity contribution in [2.75, 3.05) is 24.2 Å². The van der Waals surface area contributed by atoms with Crippen molar-refractivity contribution in [3.05, 3.63) is 23.8 Å². The summed E-state index contributed by atoms with van der Waals surface area (Å²) in [6, 6.07) is 8.25. The fraction of sp³-hybridized carbons (Fsp3) is 0.385. The van der Waals surface area contributed by atoms with Gasteiger partial charge in [-0.25, -0.2) is 0 Å². The number of hydrogen-bond donors (Lipinski definition) is 1. The summed E-state index contributed by atoms with van der Waals surface area (Å²) >= 11 is 1.57. The van der Waals surface area contributed by atoms with E-state index < -0.39 is 0 Å². The van der Waals surface area contributed by atoms with Crippen molar-refractivity contribution >= 4 is 23.4 Å². The van der Waals surface area contributed by atoms with Crippen LogP contribution in [0.3, 0.4) is 0 Å². The molecule has 0 fully saturated rings. The number of amides is 1. The Hall–Kier alpha value is -1.51. The first-order chi connectivity index (χ1) is 8.76. The molecule has 0 saturated heterocycles. The SMILES string of the molecule is CNCc1ccc2c(c1)N(CCC#N)C(=O)CS2. The number of nitrogens with one attached hydrogen (secondary N) is 1. The number of hydrogen-bond acceptors (Lipinski definition) is 4. The molecule has 0 unspecified atom stereocenters. The first kappa shape index (κ1) is 12.9. The molecule has 1 aliphatic rings. The number of thioether (sulfide) groups is 1. The monoisotopic (exact) mass is 261 g/mol. The van der Waals surface area contributed by atoms with Crippen LogP contribution >= 0.6 is 11.8 Å². The number of anilines is 1. The van der Waals surface area contributed by atoms with E-state index in [1.807, 2.05) is 13.1 Å². The molecule has 1 aliphatic heterocycles. The topological polar surface area (TPSA) is 56.1 Å². The number of nitriles is 1. The molecule has 2 rings (SSSR count). The molecule has 0 aliphatic carbocycles. The van der Waals surface area contributed by atoms with Crippen LogP contribution in [-0.2, 0) is 11.3 Å². The van der Waals surface area contributed by atoms with Crippen molar-refractivity contribution in [3.63, 3.8) is 0 Å². The van der Waals surface area contributed by atoms with Gasteiger partial charge < -0.3 is 10.2 Å². The normalized spacial score (nSPS) is 14.2. The highest BCUT2D eigenvalue weighted by molar-refractivity contribution is 8.00. The number of carbonyl (C=O) groups excluding carboxylic acids is 1. The van der Waals surface area contributed by atoms with Gasteiger partial charge in [-0.3, -0.25) is 4.79 Å². The lowest BCUT2D eigenvalue weighted by molar-refractivity contribution is -0.116. The molecule has 1 heterocycles. The number of carbonyl (C=O) groups is 1. The van der Waals surface area contributed by atoms with E-state index in [0.717, 1.165) is 22.7 Å². The van der Waals surface area contributed by atoms with E-state index in [9.17, 15) is 4.79 Å².